The molecule has 6 aromatic carbocycles. The molecule has 2 unspecified atom stereocenters. The van der Waals surface area contributed by atoms with Gasteiger partial charge in [0.15, 0.2) is 5.75 Å². The van der Waals surface area contributed by atoms with Gasteiger partial charge in [0.1, 0.15) is 28.7 Å². The van der Waals surface area contributed by atoms with Crippen LogP contribution in [0.2, 0.25) is 10.0 Å². The number of anilines is 2. The molecule has 0 spiro atoms. The van der Waals surface area contributed by atoms with Gasteiger partial charge in [-0.25, -0.2) is 0 Å². The number of hydrogen-bond acceptors (Lipinski definition) is 11. The molecular weight excluding hydrogens is 1080 g/mol. The lowest BCUT2D eigenvalue weighted by Gasteiger charge is -2.43. The van der Waals surface area contributed by atoms with Crippen molar-refractivity contribution in [3.63, 3.8) is 0 Å². The molecule has 20 heteroatoms. The van der Waals surface area contributed by atoms with E-state index in [4.69, 9.17) is 67.0 Å². The summed E-state index contributed by atoms with van der Waals surface area (Å²) in [6.45, 7) is 0. The van der Waals surface area contributed by atoms with E-state index in [9.17, 15) is 0 Å². The highest BCUT2D eigenvalue weighted by molar-refractivity contribution is 9.11. The lowest BCUT2D eigenvalue weighted by Crippen LogP contribution is -2.37. The summed E-state index contributed by atoms with van der Waals surface area (Å²) in [5.74, 6) is 2.03. The van der Waals surface area contributed by atoms with Gasteiger partial charge in [0.25, 0.3) is 0 Å². The zero-order valence-electron chi connectivity index (χ0n) is 28.3. The van der Waals surface area contributed by atoms with Crippen LogP contribution in [0.3, 0.4) is 0 Å². The maximum Gasteiger partial charge on any atom is 0.447 e. The van der Waals surface area contributed by atoms with Gasteiger partial charge in [-0.3, -0.25) is 0 Å². The van der Waals surface area contributed by atoms with Crippen LogP contribution >= 0.6 is 111 Å². The Morgan fingerprint density at radius 2 is 1.00 bits per heavy atom. The minimum absolute atomic E-state index is 0.178. The van der Waals surface area contributed by atoms with Crippen molar-refractivity contribution in [2.75, 3.05) is 11.5 Å². The average molecular weight is 1110 g/mol. The van der Waals surface area contributed by atoms with Gasteiger partial charge in [-0.1, -0.05) is 111 Å². The van der Waals surface area contributed by atoms with Gasteiger partial charge in [0.2, 0.25) is 0 Å². The van der Waals surface area contributed by atoms with Gasteiger partial charge in [-0.05, 0) is 109 Å². The Bertz CT molecular complexity index is 2390. The molecule has 288 valence electrons. The van der Waals surface area contributed by atoms with Gasteiger partial charge in [-0.15, -0.1) is 4.52 Å². The highest BCUT2D eigenvalue weighted by Gasteiger charge is 2.58. The van der Waals surface area contributed by atoms with Crippen LogP contribution in [0.4, 0.5) is 11.4 Å². The zero-order valence-corrected chi connectivity index (χ0v) is 38.8. The number of benzene rings is 6. The molecule has 0 aromatic heterocycles. The van der Waals surface area contributed by atoms with Crippen LogP contribution in [0.15, 0.2) is 156 Å². The van der Waals surface area contributed by atoms with Crippen molar-refractivity contribution in [2.24, 2.45) is 4.52 Å². The van der Waals surface area contributed by atoms with E-state index in [0.717, 1.165) is 17.9 Å². The van der Waals surface area contributed by atoms with Crippen LogP contribution in [-0.4, -0.2) is 9.21 Å². The summed E-state index contributed by atoms with van der Waals surface area (Å²) in [4.78, 5) is 13.5. The molecule has 11 nitrogen and oxygen atoms in total. The monoisotopic (exact) mass is 1100 g/mol. The molecule has 0 aliphatic carbocycles. The third-order valence-corrected chi connectivity index (χ3v) is 16.5. The summed E-state index contributed by atoms with van der Waals surface area (Å²) in [7, 11) is -8.79. The van der Waals surface area contributed by atoms with Crippen LogP contribution in [0.5, 0.6) is 34.5 Å². The Morgan fingerprint density at radius 1 is 0.536 bits per heavy atom. The van der Waals surface area contributed by atoms with E-state index in [1.807, 2.05) is 48.5 Å². The largest absolute Gasteiger partial charge is 0.447 e. The van der Waals surface area contributed by atoms with Gasteiger partial charge in [-0.2, -0.15) is 0 Å². The lowest BCUT2D eigenvalue weighted by molar-refractivity contribution is 0.0546. The van der Waals surface area contributed by atoms with Crippen LogP contribution in [0.1, 0.15) is 0 Å². The molecule has 7 rings (SSSR count). The topological polar surface area (TPSA) is 126 Å². The van der Waals surface area contributed by atoms with E-state index in [1.54, 1.807) is 84.9 Å². The van der Waals surface area contributed by atoms with Crippen LogP contribution in [0.25, 0.3) is 0 Å². The summed E-state index contributed by atoms with van der Waals surface area (Å²) >= 11 is 27.9. The Hall–Kier alpha value is -2.77. The lowest BCUT2D eigenvalue weighted by atomic mass is 10.3. The van der Waals surface area contributed by atoms with Crippen molar-refractivity contribution < 1.29 is 27.8 Å². The first-order valence-corrected chi connectivity index (χ1v) is 23.8. The van der Waals surface area contributed by atoms with Crippen molar-refractivity contribution in [1.82, 2.24) is 9.21 Å². The molecule has 1 aliphatic heterocycles. The van der Waals surface area contributed by atoms with Crippen molar-refractivity contribution in [1.29, 1.82) is 0 Å². The predicted octanol–water partition coefficient (Wildman–Crippen LogP) is 14.8. The Labute approximate surface area is 368 Å². The fraction of sp³-hybridized carbons (Fsp3) is 0. The molecule has 0 saturated carbocycles. The molecule has 0 amide bonds. The summed E-state index contributed by atoms with van der Waals surface area (Å²) in [6.07, 6.45) is 0. The first-order chi connectivity index (χ1) is 26.9. The highest BCUT2D eigenvalue weighted by atomic mass is 79.9. The second-order valence-electron chi connectivity index (χ2n) is 11.3. The second kappa shape index (κ2) is 18.4. The maximum absolute atomic E-state index is 6.97. The number of nitrogens with two attached hydrogens (primary N) is 2. The molecule has 0 radical (unpaired) electrons. The van der Waals surface area contributed by atoms with Crippen molar-refractivity contribution in [2.45, 2.75) is 0 Å². The van der Waals surface area contributed by atoms with Crippen LogP contribution in [-0.2, 0) is 0 Å². The molecule has 56 heavy (non-hydrogen) atoms. The van der Waals surface area contributed by atoms with Crippen molar-refractivity contribution >= 4 is 123 Å². The predicted molar refractivity (Wildman–Crippen MR) is 239 cm³/mol. The number of nitrogen functional groups attached to an aromatic ring is 2. The number of halogens is 6. The van der Waals surface area contributed by atoms with E-state index >= 15 is 0 Å². The van der Waals surface area contributed by atoms with E-state index in [-0.39, 0.29) is 21.5 Å². The fourth-order valence-electron chi connectivity index (χ4n) is 4.71. The number of rotatable bonds is 12. The van der Waals surface area contributed by atoms with Crippen LogP contribution in [0, 0.1) is 0 Å². The highest BCUT2D eigenvalue weighted by Crippen LogP contribution is 2.78. The zero-order chi connectivity index (χ0) is 39.4. The Kier molecular flexibility index (Phi) is 13.6. The smallest absolute Gasteiger partial charge is 0.439 e. The molecule has 2 atom stereocenters. The maximum atomic E-state index is 6.97. The standard InChI is InChI=1S/C36H26Br4Cl2N5O6P3/c37-23-5-1-9-29(17-23)48-46-54(50-30-10-2-6-24(38)18-30)45-56(52-31-11-3-7-25(39)19-31,53-32-12-4-8-26(40)20-32)47(49-35-15-13-27(43)21-33(35)41)55(46)51-36-16-14-28(44)22-34(36)42/h1-22H,43-44H2. The summed E-state index contributed by atoms with van der Waals surface area (Å²) < 4.78 is 38.8. The Morgan fingerprint density at radius 3 is 1.52 bits per heavy atom. The average Bonchev–Trinajstić information content (AvgIpc) is 3.13. The minimum atomic E-state index is -4.05. The summed E-state index contributed by atoms with van der Waals surface area (Å²) in [6, 6.07) is 38.7. The summed E-state index contributed by atoms with van der Waals surface area (Å²) in [5.41, 5.74) is 13.1. The van der Waals surface area contributed by atoms with Crippen molar-refractivity contribution in [3.05, 3.63) is 161 Å². The quantitative estimate of drug-likeness (QED) is 0.0903. The third-order valence-electron chi connectivity index (χ3n) is 7.12. The molecule has 0 fully saturated rings. The van der Waals surface area contributed by atoms with Gasteiger partial charge < -0.3 is 39.2 Å². The SMILES string of the molecule is Nc1ccc(ON2P(Oc3ccc(N)cc3Cl)N(Oc3cccc(Br)c3)P(Oc3cccc(Br)c3)N=P2(Oc2cccc(Br)c2)Oc2cccc(Br)c2)c(Cl)c1. The third kappa shape index (κ3) is 10.3. The van der Waals surface area contributed by atoms with E-state index in [1.165, 1.54) is 9.21 Å². The first kappa shape index (κ1) is 41.4. The van der Waals surface area contributed by atoms with Crippen molar-refractivity contribution in [3.8, 4) is 34.5 Å². The number of nitrogens with zero attached hydrogens (tertiary/aromatic N) is 3. The summed E-state index contributed by atoms with van der Waals surface area (Å²) in [5, 5.41) is 0.399. The number of hydrogen-bond donors (Lipinski definition) is 2. The fourth-order valence-corrected chi connectivity index (χ4v) is 14.2. The van der Waals surface area contributed by atoms with E-state index < -0.39 is 24.6 Å². The molecule has 1 heterocycles. The van der Waals surface area contributed by atoms with E-state index in [2.05, 4.69) is 63.7 Å². The minimum Gasteiger partial charge on any atom is -0.439 e. The normalized spacial score (nSPS) is 16.7. The Balaban J connectivity index is 1.53. The first-order valence-electron chi connectivity index (χ1n) is 16.0. The second-order valence-corrected chi connectivity index (χ2v) is 21.3. The van der Waals surface area contributed by atoms with E-state index in [0.29, 0.717) is 34.4 Å². The molecule has 6 aromatic rings. The van der Waals surface area contributed by atoms with Gasteiger partial charge >= 0.3 is 24.6 Å². The van der Waals surface area contributed by atoms with Gasteiger partial charge in [0.05, 0.1) is 10.0 Å². The van der Waals surface area contributed by atoms with Gasteiger partial charge in [0, 0.05) is 38.5 Å². The van der Waals surface area contributed by atoms with Crippen LogP contribution < -0.4 is 39.2 Å². The molecular formula is C36H26Br4Cl2N5O6P3. The molecule has 1 aliphatic rings. The molecule has 0 saturated heterocycles. The molecule has 0 bridgehead atoms. The molecule has 4 N–H and O–H groups in total.